The van der Waals surface area contributed by atoms with Crippen molar-refractivity contribution in [2.75, 3.05) is 0 Å². The van der Waals surface area contributed by atoms with Gasteiger partial charge in [0.05, 0.1) is 17.5 Å². The molecule has 50 heavy (non-hydrogen) atoms. The second-order valence-electron chi connectivity index (χ2n) is 14.0. The number of allylic oxidation sites excluding steroid dienone is 4. The molecule has 2 unspecified atom stereocenters. The lowest BCUT2D eigenvalue weighted by atomic mass is 9.61. The first-order valence-corrected chi connectivity index (χ1v) is 17.8. The van der Waals surface area contributed by atoms with E-state index in [0.29, 0.717) is 11.7 Å². The van der Waals surface area contributed by atoms with Gasteiger partial charge in [-0.3, -0.25) is 0 Å². The molecule has 0 amide bonds. The minimum atomic E-state index is 0.0466. The second-order valence-corrected chi connectivity index (χ2v) is 14.0. The van der Waals surface area contributed by atoms with Gasteiger partial charge in [0, 0.05) is 39.5 Å². The smallest absolute Gasteiger partial charge is 0.160 e. The van der Waals surface area contributed by atoms with Crippen molar-refractivity contribution >= 4 is 0 Å². The maximum Gasteiger partial charge on any atom is 0.160 e. The third-order valence-corrected chi connectivity index (χ3v) is 11.3. The Balaban J connectivity index is 1.08. The number of nitriles is 1. The van der Waals surface area contributed by atoms with Crippen LogP contribution in [0.15, 0.2) is 157 Å². The van der Waals surface area contributed by atoms with Crippen molar-refractivity contribution in [1.82, 2.24) is 9.97 Å². The molecule has 9 rings (SSSR count). The molecule has 0 radical (unpaired) electrons. The lowest BCUT2D eigenvalue weighted by Gasteiger charge is -2.41. The van der Waals surface area contributed by atoms with Crippen LogP contribution < -0.4 is 0 Å². The minimum Gasteiger partial charge on any atom is -0.228 e. The number of rotatable bonds is 5. The molecule has 2 atom stereocenters. The van der Waals surface area contributed by atoms with E-state index in [9.17, 15) is 5.26 Å². The van der Waals surface area contributed by atoms with E-state index in [1.807, 2.05) is 24.3 Å². The van der Waals surface area contributed by atoms with E-state index >= 15 is 0 Å². The highest BCUT2D eigenvalue weighted by Crippen LogP contribution is 2.61. The van der Waals surface area contributed by atoms with Gasteiger partial charge in [-0.2, -0.15) is 5.26 Å². The summed E-state index contributed by atoms with van der Waals surface area (Å²) in [7, 11) is 0. The highest BCUT2D eigenvalue weighted by molar-refractivity contribution is 5.76. The average Bonchev–Trinajstić information content (AvgIpc) is 3.47. The summed E-state index contributed by atoms with van der Waals surface area (Å²) in [5.41, 5.74) is 13.6. The summed E-state index contributed by atoms with van der Waals surface area (Å²) in [6, 6.07) is 49.9. The quantitative estimate of drug-likeness (QED) is 0.188. The zero-order valence-electron chi connectivity index (χ0n) is 28.0. The van der Waals surface area contributed by atoms with Crippen LogP contribution in [0, 0.1) is 17.2 Å². The largest absolute Gasteiger partial charge is 0.228 e. The van der Waals surface area contributed by atoms with Gasteiger partial charge in [-0.05, 0) is 58.4 Å². The fourth-order valence-corrected chi connectivity index (χ4v) is 8.86. The third kappa shape index (κ3) is 5.20. The van der Waals surface area contributed by atoms with E-state index in [0.717, 1.165) is 46.5 Å². The molecule has 1 heterocycles. The van der Waals surface area contributed by atoms with Gasteiger partial charge in [0.1, 0.15) is 0 Å². The molecule has 3 aliphatic rings. The van der Waals surface area contributed by atoms with Crippen molar-refractivity contribution in [2.45, 2.75) is 43.4 Å². The van der Waals surface area contributed by atoms with Gasteiger partial charge in [0.2, 0.25) is 0 Å². The number of benzene rings is 5. The standard InChI is InChI=1S/C47H37N3/c48-31-39-15-10-16-41-40-26-25-38(29-42(40)47(45(39)41)27-8-3-9-28-47)34-19-23-36(24-20-34)44-30-43(49-46(50-44)37-13-6-2-7-14-37)35-21-17-33(18-22-35)32-11-4-1-5-12-32/h1-2,4-7,10-26,29-30,41,45H,3,8-9,27-28H2. The van der Waals surface area contributed by atoms with Crippen LogP contribution in [0.2, 0.25) is 0 Å². The molecule has 5 aromatic carbocycles. The summed E-state index contributed by atoms with van der Waals surface area (Å²) >= 11 is 0. The Kier molecular flexibility index (Phi) is 7.59. The molecular weight excluding hydrogens is 607 g/mol. The molecule has 1 saturated carbocycles. The molecule has 0 aliphatic heterocycles. The zero-order chi connectivity index (χ0) is 33.5. The SMILES string of the molecule is N#CC1=CC=CC2c3ccc(-c4ccc(-c5cc(-c6ccc(-c7ccccc7)cc6)nc(-c6ccccc6)n5)cc4)cc3C3(CCCCC3)C12. The molecule has 1 spiro atoms. The Morgan fingerprint density at radius 3 is 1.72 bits per heavy atom. The number of aromatic nitrogens is 2. The van der Waals surface area contributed by atoms with Crippen molar-refractivity contribution in [3.8, 4) is 62.2 Å². The van der Waals surface area contributed by atoms with E-state index < -0.39 is 0 Å². The van der Waals surface area contributed by atoms with Crippen molar-refractivity contribution < 1.29 is 0 Å². The lowest BCUT2D eigenvalue weighted by Crippen LogP contribution is -2.36. The number of nitrogens with zero attached hydrogens (tertiary/aromatic N) is 3. The van der Waals surface area contributed by atoms with Crippen LogP contribution in [-0.2, 0) is 5.41 Å². The van der Waals surface area contributed by atoms with Gasteiger partial charge in [0.15, 0.2) is 5.82 Å². The summed E-state index contributed by atoms with van der Waals surface area (Å²) in [6.45, 7) is 0. The summed E-state index contributed by atoms with van der Waals surface area (Å²) < 4.78 is 0. The molecule has 3 heteroatoms. The van der Waals surface area contributed by atoms with Crippen LogP contribution in [0.3, 0.4) is 0 Å². The van der Waals surface area contributed by atoms with E-state index in [-0.39, 0.29) is 11.3 Å². The maximum absolute atomic E-state index is 10.1. The predicted octanol–water partition coefficient (Wildman–Crippen LogP) is 11.7. The lowest BCUT2D eigenvalue weighted by molar-refractivity contribution is 0.228. The molecule has 3 aliphatic carbocycles. The molecule has 3 nitrogen and oxygen atoms in total. The summed E-state index contributed by atoms with van der Waals surface area (Å²) in [6.07, 6.45) is 12.5. The first-order valence-electron chi connectivity index (χ1n) is 17.8. The van der Waals surface area contributed by atoms with E-state index in [1.165, 1.54) is 52.6 Å². The van der Waals surface area contributed by atoms with Crippen molar-refractivity contribution in [1.29, 1.82) is 5.26 Å². The topological polar surface area (TPSA) is 49.6 Å². The summed E-state index contributed by atoms with van der Waals surface area (Å²) in [4.78, 5) is 10.1. The van der Waals surface area contributed by atoms with E-state index in [4.69, 9.17) is 9.97 Å². The predicted molar refractivity (Wildman–Crippen MR) is 203 cm³/mol. The van der Waals surface area contributed by atoms with Crippen molar-refractivity contribution in [3.63, 3.8) is 0 Å². The normalized spacial score (nSPS) is 18.6. The highest BCUT2D eigenvalue weighted by atomic mass is 14.9. The molecule has 0 bridgehead atoms. The van der Waals surface area contributed by atoms with Gasteiger partial charge in [0.25, 0.3) is 0 Å². The molecule has 6 aromatic rings. The fraction of sp³-hybridized carbons (Fsp3) is 0.170. The number of hydrogen-bond donors (Lipinski definition) is 0. The van der Waals surface area contributed by atoms with Crippen molar-refractivity contribution in [3.05, 3.63) is 168 Å². The molecule has 240 valence electrons. The number of hydrogen-bond acceptors (Lipinski definition) is 3. The van der Waals surface area contributed by atoms with E-state index in [1.54, 1.807) is 0 Å². The Bertz CT molecular complexity index is 2290. The fourth-order valence-electron chi connectivity index (χ4n) is 8.86. The molecule has 1 aromatic heterocycles. The first kappa shape index (κ1) is 30.2. The van der Waals surface area contributed by atoms with Gasteiger partial charge in [-0.15, -0.1) is 0 Å². The summed E-state index contributed by atoms with van der Waals surface area (Å²) in [5, 5.41) is 10.1. The first-order chi connectivity index (χ1) is 24.7. The van der Waals surface area contributed by atoms with Crippen LogP contribution in [0.25, 0.3) is 56.2 Å². The Hall–Kier alpha value is -5.85. The molecule has 1 fully saturated rings. The Morgan fingerprint density at radius 1 is 0.560 bits per heavy atom. The molecule has 0 N–H and O–H groups in total. The summed E-state index contributed by atoms with van der Waals surface area (Å²) in [5.74, 6) is 1.26. The van der Waals surface area contributed by atoms with Gasteiger partial charge >= 0.3 is 0 Å². The minimum absolute atomic E-state index is 0.0466. The number of fused-ring (bicyclic) bond motifs is 5. The van der Waals surface area contributed by atoms with Gasteiger partial charge in [-0.25, -0.2) is 9.97 Å². The average molecular weight is 644 g/mol. The third-order valence-electron chi connectivity index (χ3n) is 11.3. The van der Waals surface area contributed by atoms with Crippen molar-refractivity contribution in [2.24, 2.45) is 5.92 Å². The van der Waals surface area contributed by atoms with Gasteiger partial charge < -0.3 is 0 Å². The highest BCUT2D eigenvalue weighted by Gasteiger charge is 2.53. The van der Waals surface area contributed by atoms with E-state index in [2.05, 4.69) is 133 Å². The van der Waals surface area contributed by atoms with Gasteiger partial charge in [-0.1, -0.05) is 159 Å². The molecule has 0 saturated heterocycles. The molecular formula is C47H37N3. The maximum atomic E-state index is 10.1. The monoisotopic (exact) mass is 643 g/mol. The van der Waals surface area contributed by atoms with Crippen LogP contribution in [0.5, 0.6) is 0 Å². The Labute approximate surface area is 294 Å². The Morgan fingerprint density at radius 2 is 1.10 bits per heavy atom. The van der Waals surface area contributed by atoms with Crippen LogP contribution in [-0.4, -0.2) is 9.97 Å². The van der Waals surface area contributed by atoms with Crippen LogP contribution in [0.1, 0.15) is 49.1 Å². The van der Waals surface area contributed by atoms with Crippen LogP contribution >= 0.6 is 0 Å². The van der Waals surface area contributed by atoms with Crippen LogP contribution in [0.4, 0.5) is 0 Å². The zero-order valence-corrected chi connectivity index (χ0v) is 28.0. The second kappa shape index (κ2) is 12.6.